The number of nitrogens with zero attached hydrogens (tertiary/aromatic N) is 1. The Morgan fingerprint density at radius 1 is 1.00 bits per heavy atom. The maximum Gasteiger partial charge on any atom is 0.185 e. The third-order valence-electron chi connectivity index (χ3n) is 5.99. The van der Waals surface area contributed by atoms with E-state index in [1.54, 1.807) is 13.2 Å². The molecule has 5 nitrogen and oxygen atoms in total. The molecule has 1 saturated heterocycles. The molecule has 0 radical (unpaired) electrons. The second kappa shape index (κ2) is 11.5. The molecule has 176 valence electrons. The fourth-order valence-electron chi connectivity index (χ4n) is 3.92. The van der Waals surface area contributed by atoms with E-state index in [2.05, 4.69) is 24.0 Å². The molecule has 1 aliphatic rings. The highest BCUT2D eigenvalue weighted by Gasteiger charge is 2.12. The summed E-state index contributed by atoms with van der Waals surface area (Å²) in [5.41, 5.74) is 4.90. The molecular formula is C29H31NO4. The largest absolute Gasteiger partial charge is 0.496 e. The Hall–Kier alpha value is -3.57. The minimum absolute atomic E-state index is 0.0295. The van der Waals surface area contributed by atoms with Gasteiger partial charge in [0.2, 0.25) is 0 Å². The Morgan fingerprint density at radius 2 is 1.74 bits per heavy atom. The average molecular weight is 458 g/mol. The summed E-state index contributed by atoms with van der Waals surface area (Å²) >= 11 is 0. The Bertz CT molecular complexity index is 1110. The van der Waals surface area contributed by atoms with Crippen LogP contribution in [0.1, 0.15) is 34.0 Å². The van der Waals surface area contributed by atoms with Gasteiger partial charge in [0.25, 0.3) is 0 Å². The molecule has 0 aromatic heterocycles. The molecule has 0 spiro atoms. The molecule has 5 heteroatoms. The molecular weight excluding hydrogens is 426 g/mol. The SMILES string of the molecule is CCc1ccc(OCc2cc(/C=C/C(=O)c3ccc(N4CCOCC4)cc3)ccc2OC)cc1. The quantitative estimate of drug-likeness (QED) is 0.311. The number of benzene rings is 3. The Labute approximate surface area is 201 Å². The monoisotopic (exact) mass is 457 g/mol. The van der Waals surface area contributed by atoms with Gasteiger partial charge in [-0.2, -0.15) is 0 Å². The van der Waals surface area contributed by atoms with Gasteiger partial charge in [-0.15, -0.1) is 0 Å². The Balaban J connectivity index is 1.41. The first-order valence-electron chi connectivity index (χ1n) is 11.7. The molecule has 0 aliphatic carbocycles. The molecule has 1 aliphatic heterocycles. The fraction of sp³-hybridized carbons (Fsp3) is 0.276. The number of hydrogen-bond acceptors (Lipinski definition) is 5. The van der Waals surface area contributed by atoms with Crippen LogP contribution >= 0.6 is 0 Å². The lowest BCUT2D eigenvalue weighted by molar-refractivity contribution is 0.104. The molecule has 3 aromatic rings. The van der Waals surface area contributed by atoms with E-state index in [4.69, 9.17) is 14.2 Å². The van der Waals surface area contributed by atoms with Crippen molar-refractivity contribution in [2.75, 3.05) is 38.3 Å². The molecule has 0 saturated carbocycles. The number of methoxy groups -OCH3 is 1. The number of morpholine rings is 1. The van der Waals surface area contributed by atoms with Crippen LogP contribution in [0.3, 0.4) is 0 Å². The smallest absolute Gasteiger partial charge is 0.185 e. The number of aryl methyl sites for hydroxylation is 1. The normalized spacial score (nSPS) is 13.8. The van der Waals surface area contributed by atoms with Crippen LogP contribution in [0.5, 0.6) is 11.5 Å². The zero-order chi connectivity index (χ0) is 23.8. The van der Waals surface area contributed by atoms with Crippen LogP contribution in [0, 0.1) is 0 Å². The predicted octanol–water partition coefficient (Wildman–Crippen LogP) is 5.57. The molecule has 0 amide bonds. The number of anilines is 1. The standard InChI is InChI=1S/C29H31NO4/c1-3-22-4-12-27(13-5-22)34-21-25-20-23(7-15-29(25)32-2)6-14-28(31)24-8-10-26(11-9-24)30-16-18-33-19-17-30/h4-15,20H,3,16-19,21H2,1-2H3/b14-6+. The van der Waals surface area contributed by atoms with Crippen molar-refractivity contribution in [1.29, 1.82) is 0 Å². The summed E-state index contributed by atoms with van der Waals surface area (Å²) in [5, 5.41) is 0. The predicted molar refractivity (Wildman–Crippen MR) is 136 cm³/mol. The number of ketones is 1. The lowest BCUT2D eigenvalue weighted by Gasteiger charge is -2.28. The van der Waals surface area contributed by atoms with Gasteiger partial charge in [0, 0.05) is 29.9 Å². The van der Waals surface area contributed by atoms with Gasteiger partial charge in [0.15, 0.2) is 5.78 Å². The summed E-state index contributed by atoms with van der Waals surface area (Å²) in [7, 11) is 1.65. The van der Waals surface area contributed by atoms with Crippen molar-refractivity contribution in [3.63, 3.8) is 0 Å². The van der Waals surface area contributed by atoms with Gasteiger partial charge in [-0.3, -0.25) is 4.79 Å². The van der Waals surface area contributed by atoms with Crippen molar-refractivity contribution >= 4 is 17.5 Å². The van der Waals surface area contributed by atoms with Crippen LogP contribution in [0.4, 0.5) is 5.69 Å². The Kier molecular flexibility index (Phi) is 7.99. The van der Waals surface area contributed by atoms with E-state index in [1.807, 2.05) is 60.7 Å². The van der Waals surface area contributed by atoms with Crippen LogP contribution < -0.4 is 14.4 Å². The molecule has 1 fully saturated rings. The van der Waals surface area contributed by atoms with E-state index >= 15 is 0 Å². The number of hydrogen-bond donors (Lipinski definition) is 0. The summed E-state index contributed by atoms with van der Waals surface area (Å²) in [6, 6.07) is 21.7. The summed E-state index contributed by atoms with van der Waals surface area (Å²) in [5.74, 6) is 1.54. The minimum Gasteiger partial charge on any atom is -0.496 e. The highest BCUT2D eigenvalue weighted by atomic mass is 16.5. The molecule has 3 aromatic carbocycles. The number of rotatable bonds is 9. The van der Waals surface area contributed by atoms with E-state index in [-0.39, 0.29) is 5.78 Å². The minimum atomic E-state index is -0.0295. The Morgan fingerprint density at radius 3 is 2.41 bits per heavy atom. The van der Waals surface area contributed by atoms with E-state index < -0.39 is 0 Å². The van der Waals surface area contributed by atoms with Crippen LogP contribution in [-0.4, -0.2) is 39.2 Å². The van der Waals surface area contributed by atoms with Crippen molar-refractivity contribution in [3.05, 3.63) is 95.1 Å². The lowest BCUT2D eigenvalue weighted by Crippen LogP contribution is -2.36. The van der Waals surface area contributed by atoms with Gasteiger partial charge in [-0.1, -0.05) is 31.2 Å². The first kappa shape index (κ1) is 23.6. The van der Waals surface area contributed by atoms with Crippen LogP contribution in [0.25, 0.3) is 6.08 Å². The van der Waals surface area contributed by atoms with Crippen molar-refractivity contribution in [3.8, 4) is 11.5 Å². The third kappa shape index (κ3) is 6.06. The summed E-state index contributed by atoms with van der Waals surface area (Å²) in [6.07, 6.45) is 4.44. The van der Waals surface area contributed by atoms with E-state index in [1.165, 1.54) is 5.56 Å². The van der Waals surface area contributed by atoms with Crippen LogP contribution in [-0.2, 0) is 17.8 Å². The zero-order valence-electron chi connectivity index (χ0n) is 19.8. The highest BCUT2D eigenvalue weighted by molar-refractivity contribution is 6.07. The van der Waals surface area contributed by atoms with Gasteiger partial charge in [-0.25, -0.2) is 0 Å². The number of carbonyl (C=O) groups is 1. The second-order valence-corrected chi connectivity index (χ2v) is 8.20. The van der Waals surface area contributed by atoms with Gasteiger partial charge in [0.05, 0.1) is 20.3 Å². The van der Waals surface area contributed by atoms with E-state index in [0.717, 1.165) is 61.0 Å². The highest BCUT2D eigenvalue weighted by Crippen LogP contribution is 2.24. The second-order valence-electron chi connectivity index (χ2n) is 8.20. The fourth-order valence-corrected chi connectivity index (χ4v) is 3.92. The number of ether oxygens (including phenoxy) is 3. The van der Waals surface area contributed by atoms with Crippen LogP contribution in [0.2, 0.25) is 0 Å². The molecule has 0 atom stereocenters. The van der Waals surface area contributed by atoms with Gasteiger partial charge in [-0.05, 0) is 72.2 Å². The number of allylic oxidation sites excluding steroid dienone is 1. The summed E-state index contributed by atoms with van der Waals surface area (Å²) in [6.45, 7) is 5.74. The third-order valence-corrected chi connectivity index (χ3v) is 5.99. The molecule has 0 unspecified atom stereocenters. The van der Waals surface area contributed by atoms with Gasteiger partial charge < -0.3 is 19.1 Å². The van der Waals surface area contributed by atoms with E-state index in [0.29, 0.717) is 12.2 Å². The van der Waals surface area contributed by atoms with Gasteiger partial charge in [0.1, 0.15) is 18.1 Å². The first-order valence-corrected chi connectivity index (χ1v) is 11.7. The zero-order valence-corrected chi connectivity index (χ0v) is 19.8. The maximum atomic E-state index is 12.7. The molecule has 34 heavy (non-hydrogen) atoms. The molecule has 4 rings (SSSR count). The van der Waals surface area contributed by atoms with Crippen molar-refractivity contribution < 1.29 is 19.0 Å². The molecule has 0 bridgehead atoms. The summed E-state index contributed by atoms with van der Waals surface area (Å²) < 4.78 is 16.9. The van der Waals surface area contributed by atoms with E-state index in [9.17, 15) is 4.79 Å². The van der Waals surface area contributed by atoms with Crippen LogP contribution in [0.15, 0.2) is 72.8 Å². The summed E-state index contributed by atoms with van der Waals surface area (Å²) in [4.78, 5) is 15.0. The maximum absolute atomic E-state index is 12.7. The first-order chi connectivity index (χ1) is 16.7. The lowest BCUT2D eigenvalue weighted by atomic mass is 10.1. The van der Waals surface area contributed by atoms with Crippen molar-refractivity contribution in [2.24, 2.45) is 0 Å². The van der Waals surface area contributed by atoms with Gasteiger partial charge >= 0.3 is 0 Å². The van der Waals surface area contributed by atoms with Crippen molar-refractivity contribution in [1.82, 2.24) is 0 Å². The molecule has 0 N–H and O–H groups in total. The molecule has 1 heterocycles. The van der Waals surface area contributed by atoms with Crippen molar-refractivity contribution in [2.45, 2.75) is 20.0 Å². The topological polar surface area (TPSA) is 48.0 Å². The number of carbonyl (C=O) groups excluding carboxylic acids is 1. The average Bonchev–Trinajstić information content (AvgIpc) is 2.91.